The van der Waals surface area contributed by atoms with Crippen LogP contribution in [0.1, 0.15) is 53.6 Å². The third-order valence-corrected chi connectivity index (χ3v) is 6.62. The number of nitrogens with zero attached hydrogens (tertiary/aromatic N) is 2. The average molecular weight is 392 g/mol. The molecule has 0 radical (unpaired) electrons. The van der Waals surface area contributed by atoms with Crippen molar-refractivity contribution in [1.82, 2.24) is 15.2 Å². The van der Waals surface area contributed by atoms with Gasteiger partial charge in [-0.25, -0.2) is 0 Å². The monoisotopic (exact) mass is 391 g/mol. The first-order chi connectivity index (χ1) is 14.1. The van der Waals surface area contributed by atoms with Crippen LogP contribution in [-0.4, -0.2) is 34.8 Å². The van der Waals surface area contributed by atoms with Crippen molar-refractivity contribution in [3.05, 3.63) is 65.5 Å². The normalized spacial score (nSPS) is 20.6. The van der Waals surface area contributed by atoms with Gasteiger partial charge >= 0.3 is 0 Å². The second-order valence-electron chi connectivity index (χ2n) is 8.60. The van der Waals surface area contributed by atoms with E-state index in [1.807, 2.05) is 4.90 Å². The van der Waals surface area contributed by atoms with Crippen molar-refractivity contribution < 1.29 is 9.59 Å². The van der Waals surface area contributed by atoms with Crippen LogP contribution in [0.15, 0.2) is 48.8 Å². The van der Waals surface area contributed by atoms with Crippen LogP contribution in [-0.2, 0) is 11.3 Å². The highest BCUT2D eigenvalue weighted by Gasteiger charge is 2.51. The summed E-state index contributed by atoms with van der Waals surface area (Å²) in [5.74, 6) is -0.0530. The van der Waals surface area contributed by atoms with Crippen LogP contribution in [0, 0.1) is 18.3 Å². The van der Waals surface area contributed by atoms with Crippen molar-refractivity contribution in [1.29, 1.82) is 0 Å². The Balaban J connectivity index is 1.49. The van der Waals surface area contributed by atoms with Gasteiger partial charge in [-0.3, -0.25) is 14.6 Å². The number of carbonyl (C=O) groups excluding carboxylic acids is 2. The summed E-state index contributed by atoms with van der Waals surface area (Å²) in [6.07, 6.45) is 8.83. The molecular weight excluding hydrogens is 362 g/mol. The third-order valence-electron chi connectivity index (χ3n) is 6.62. The molecule has 5 nitrogen and oxygen atoms in total. The fourth-order valence-electron chi connectivity index (χ4n) is 4.94. The summed E-state index contributed by atoms with van der Waals surface area (Å²) in [5.41, 5.74) is 2.87. The molecule has 4 rings (SSSR count). The second-order valence-corrected chi connectivity index (χ2v) is 8.60. The van der Waals surface area contributed by atoms with Crippen LogP contribution >= 0.6 is 0 Å². The number of aromatic nitrogens is 1. The molecule has 1 atom stereocenters. The molecule has 1 aliphatic carbocycles. The van der Waals surface area contributed by atoms with Gasteiger partial charge in [0.2, 0.25) is 5.91 Å². The van der Waals surface area contributed by atoms with E-state index in [0.717, 1.165) is 31.2 Å². The molecule has 1 aromatic heterocycles. The molecule has 1 unspecified atom stereocenters. The summed E-state index contributed by atoms with van der Waals surface area (Å²) in [6.45, 7) is 3.77. The smallest absolute Gasteiger partial charge is 0.254 e. The number of carbonyl (C=O) groups is 2. The summed E-state index contributed by atoms with van der Waals surface area (Å²) in [4.78, 5) is 32.1. The Labute approximate surface area is 172 Å². The Hall–Kier alpha value is -2.69. The van der Waals surface area contributed by atoms with E-state index in [4.69, 9.17) is 0 Å². The van der Waals surface area contributed by atoms with Crippen LogP contribution in [0.25, 0.3) is 0 Å². The molecule has 1 aliphatic heterocycles. The molecule has 2 heterocycles. The molecule has 1 spiro atoms. The van der Waals surface area contributed by atoms with Gasteiger partial charge in [0, 0.05) is 43.0 Å². The van der Waals surface area contributed by atoms with Crippen molar-refractivity contribution in [2.75, 3.05) is 13.1 Å². The third kappa shape index (κ3) is 4.19. The minimum atomic E-state index is -0.140. The first kappa shape index (κ1) is 19.6. The summed E-state index contributed by atoms with van der Waals surface area (Å²) < 4.78 is 0. The van der Waals surface area contributed by atoms with E-state index in [2.05, 4.69) is 41.5 Å². The molecule has 2 aromatic rings. The van der Waals surface area contributed by atoms with Crippen LogP contribution in [0.2, 0.25) is 0 Å². The maximum Gasteiger partial charge on any atom is 0.254 e. The molecule has 152 valence electrons. The van der Waals surface area contributed by atoms with Gasteiger partial charge in [-0.15, -0.1) is 0 Å². The number of aryl methyl sites for hydroxylation is 1. The maximum atomic E-state index is 13.2. The molecule has 1 N–H and O–H groups in total. The zero-order valence-electron chi connectivity index (χ0n) is 17.1. The maximum absolute atomic E-state index is 13.2. The van der Waals surface area contributed by atoms with Crippen LogP contribution in [0.4, 0.5) is 0 Å². The van der Waals surface area contributed by atoms with Gasteiger partial charge in [0.1, 0.15) is 0 Å². The Morgan fingerprint density at radius 1 is 1.07 bits per heavy atom. The van der Waals surface area contributed by atoms with Crippen molar-refractivity contribution in [2.45, 2.75) is 45.6 Å². The molecule has 1 aromatic carbocycles. The summed E-state index contributed by atoms with van der Waals surface area (Å²) in [5, 5.41) is 3.14. The quantitative estimate of drug-likeness (QED) is 0.864. The number of amides is 2. The molecule has 0 bridgehead atoms. The number of rotatable bonds is 4. The summed E-state index contributed by atoms with van der Waals surface area (Å²) >= 11 is 0. The fourth-order valence-corrected chi connectivity index (χ4v) is 4.94. The Morgan fingerprint density at radius 3 is 2.45 bits per heavy atom. The van der Waals surface area contributed by atoms with E-state index >= 15 is 0 Å². The molecular formula is C24H29N3O2. The topological polar surface area (TPSA) is 62.3 Å². The van der Waals surface area contributed by atoms with Gasteiger partial charge < -0.3 is 10.2 Å². The van der Waals surface area contributed by atoms with E-state index in [0.29, 0.717) is 25.2 Å². The van der Waals surface area contributed by atoms with Gasteiger partial charge in [-0.1, -0.05) is 49.1 Å². The van der Waals surface area contributed by atoms with Gasteiger partial charge in [-0.05, 0) is 37.5 Å². The fraction of sp³-hybridized carbons (Fsp3) is 0.458. The van der Waals surface area contributed by atoms with Gasteiger partial charge in [-0.2, -0.15) is 0 Å². The molecule has 1 saturated carbocycles. The van der Waals surface area contributed by atoms with Crippen molar-refractivity contribution in [3.8, 4) is 0 Å². The minimum absolute atomic E-state index is 0.00573. The van der Waals surface area contributed by atoms with Gasteiger partial charge in [0.25, 0.3) is 5.91 Å². The highest BCUT2D eigenvalue weighted by Crippen LogP contribution is 2.48. The zero-order valence-corrected chi connectivity index (χ0v) is 17.1. The zero-order chi connectivity index (χ0) is 20.3. The molecule has 2 aliphatic rings. The number of hydrogen-bond acceptors (Lipinski definition) is 3. The molecule has 29 heavy (non-hydrogen) atoms. The summed E-state index contributed by atoms with van der Waals surface area (Å²) in [7, 11) is 0. The van der Waals surface area contributed by atoms with Crippen molar-refractivity contribution >= 4 is 11.8 Å². The lowest BCUT2D eigenvalue weighted by Gasteiger charge is -2.37. The second kappa shape index (κ2) is 8.36. The minimum Gasteiger partial charge on any atom is -0.352 e. The molecule has 2 amide bonds. The standard InChI is InChI=1S/C24H29N3O2/c1-18-5-7-19(8-6-18)15-26-22(28)21-16-27(17-24(21)11-3-2-4-12-24)23(29)20-9-13-25-14-10-20/h5-10,13-14,21H,2-4,11-12,15-17H2,1H3,(H,26,28). The Kier molecular flexibility index (Phi) is 5.65. The highest BCUT2D eigenvalue weighted by molar-refractivity contribution is 5.95. The van der Waals surface area contributed by atoms with E-state index in [1.54, 1.807) is 24.5 Å². The first-order valence-electron chi connectivity index (χ1n) is 10.6. The van der Waals surface area contributed by atoms with Gasteiger partial charge in [0.05, 0.1) is 5.92 Å². The van der Waals surface area contributed by atoms with Gasteiger partial charge in [0.15, 0.2) is 0 Å². The largest absolute Gasteiger partial charge is 0.352 e. The molecule has 2 fully saturated rings. The molecule has 5 heteroatoms. The van der Waals surface area contributed by atoms with E-state index in [-0.39, 0.29) is 23.1 Å². The Morgan fingerprint density at radius 2 is 1.76 bits per heavy atom. The number of benzene rings is 1. The number of pyridine rings is 1. The number of nitrogens with one attached hydrogen (secondary N) is 1. The number of hydrogen-bond donors (Lipinski definition) is 1. The van der Waals surface area contributed by atoms with Crippen LogP contribution < -0.4 is 5.32 Å². The number of likely N-dealkylation sites (tertiary alicyclic amines) is 1. The van der Waals surface area contributed by atoms with Crippen molar-refractivity contribution in [2.24, 2.45) is 11.3 Å². The van der Waals surface area contributed by atoms with Crippen LogP contribution in [0.5, 0.6) is 0 Å². The lowest BCUT2D eigenvalue weighted by atomic mass is 9.67. The van der Waals surface area contributed by atoms with E-state index in [9.17, 15) is 9.59 Å². The lowest BCUT2D eigenvalue weighted by molar-refractivity contribution is -0.128. The highest BCUT2D eigenvalue weighted by atomic mass is 16.2. The lowest BCUT2D eigenvalue weighted by Crippen LogP contribution is -2.42. The Bertz CT molecular complexity index is 857. The van der Waals surface area contributed by atoms with Crippen molar-refractivity contribution in [3.63, 3.8) is 0 Å². The predicted molar refractivity (Wildman–Crippen MR) is 112 cm³/mol. The first-order valence-corrected chi connectivity index (χ1v) is 10.6. The summed E-state index contributed by atoms with van der Waals surface area (Å²) in [6, 6.07) is 11.7. The average Bonchev–Trinajstić information content (AvgIpc) is 3.12. The predicted octanol–water partition coefficient (Wildman–Crippen LogP) is 3.73. The molecule has 1 saturated heterocycles. The van der Waals surface area contributed by atoms with E-state index in [1.165, 1.54) is 12.0 Å². The van der Waals surface area contributed by atoms with Crippen LogP contribution in [0.3, 0.4) is 0 Å². The van der Waals surface area contributed by atoms with E-state index < -0.39 is 0 Å². The SMILES string of the molecule is Cc1ccc(CNC(=O)C2CN(C(=O)c3ccncc3)CC23CCCCC3)cc1.